The molecule has 3 nitrogen and oxygen atoms in total. The minimum absolute atomic E-state index is 0.124. The minimum Gasteiger partial charge on any atom is -0.352 e. The summed E-state index contributed by atoms with van der Waals surface area (Å²) in [7, 11) is 0. The first-order chi connectivity index (χ1) is 7.08. The van der Waals surface area contributed by atoms with E-state index in [1.807, 2.05) is 12.1 Å². The largest absolute Gasteiger partial charge is 0.352 e. The number of pyridine rings is 1. The molecule has 0 radical (unpaired) electrons. The van der Waals surface area contributed by atoms with Gasteiger partial charge in [-0.05, 0) is 26.0 Å². The van der Waals surface area contributed by atoms with Crippen LogP contribution in [0.4, 0.5) is 5.82 Å². The highest BCUT2D eigenvalue weighted by Gasteiger charge is 2.27. The third kappa shape index (κ3) is 2.41. The second-order valence-electron chi connectivity index (χ2n) is 4.54. The van der Waals surface area contributed by atoms with Crippen molar-refractivity contribution in [2.75, 3.05) is 24.5 Å². The maximum absolute atomic E-state index is 6.13. The van der Waals surface area contributed by atoms with E-state index in [4.69, 9.17) is 11.6 Å². The maximum Gasteiger partial charge on any atom is 0.147 e. The lowest BCUT2D eigenvalue weighted by molar-refractivity contribution is 0.352. The molecule has 15 heavy (non-hydrogen) atoms. The van der Waals surface area contributed by atoms with Crippen molar-refractivity contribution in [2.45, 2.75) is 19.4 Å². The molecule has 1 N–H and O–H groups in total. The third-order valence-electron chi connectivity index (χ3n) is 2.61. The van der Waals surface area contributed by atoms with E-state index in [1.165, 1.54) is 0 Å². The summed E-state index contributed by atoms with van der Waals surface area (Å²) in [6.45, 7) is 7.25. The first-order valence-corrected chi connectivity index (χ1v) is 5.57. The van der Waals surface area contributed by atoms with Gasteiger partial charge in [-0.2, -0.15) is 0 Å². The van der Waals surface area contributed by atoms with Crippen LogP contribution in [0.2, 0.25) is 5.02 Å². The van der Waals surface area contributed by atoms with Gasteiger partial charge in [0, 0.05) is 31.4 Å². The zero-order chi connectivity index (χ0) is 10.9. The Morgan fingerprint density at radius 3 is 3.00 bits per heavy atom. The van der Waals surface area contributed by atoms with Crippen molar-refractivity contribution in [3.63, 3.8) is 0 Å². The molecule has 1 aliphatic rings. The van der Waals surface area contributed by atoms with Gasteiger partial charge in [0.1, 0.15) is 5.82 Å². The van der Waals surface area contributed by atoms with Gasteiger partial charge in [0.25, 0.3) is 0 Å². The van der Waals surface area contributed by atoms with Crippen molar-refractivity contribution >= 4 is 17.4 Å². The molecule has 0 spiro atoms. The van der Waals surface area contributed by atoms with E-state index < -0.39 is 0 Å². The van der Waals surface area contributed by atoms with Crippen molar-refractivity contribution in [2.24, 2.45) is 0 Å². The Morgan fingerprint density at radius 2 is 2.33 bits per heavy atom. The molecular formula is C11H16ClN3. The maximum atomic E-state index is 6.13. The van der Waals surface area contributed by atoms with E-state index in [2.05, 4.69) is 29.0 Å². The SMILES string of the molecule is CC1(C)CN(c2ncccc2Cl)CCN1. The molecule has 0 aromatic carbocycles. The summed E-state index contributed by atoms with van der Waals surface area (Å²) in [6.07, 6.45) is 1.79. The molecule has 0 atom stereocenters. The van der Waals surface area contributed by atoms with Crippen molar-refractivity contribution in [1.29, 1.82) is 0 Å². The van der Waals surface area contributed by atoms with E-state index in [0.717, 1.165) is 30.5 Å². The topological polar surface area (TPSA) is 28.2 Å². The van der Waals surface area contributed by atoms with Gasteiger partial charge < -0.3 is 10.2 Å². The third-order valence-corrected chi connectivity index (χ3v) is 2.91. The molecule has 0 bridgehead atoms. The number of nitrogens with one attached hydrogen (secondary N) is 1. The minimum atomic E-state index is 0.124. The van der Waals surface area contributed by atoms with Gasteiger partial charge in [-0.1, -0.05) is 11.6 Å². The molecule has 0 amide bonds. The lowest BCUT2D eigenvalue weighted by atomic mass is 10.0. The van der Waals surface area contributed by atoms with Crippen LogP contribution in [-0.2, 0) is 0 Å². The summed E-state index contributed by atoms with van der Waals surface area (Å²) in [5.41, 5.74) is 0.124. The number of halogens is 1. The van der Waals surface area contributed by atoms with E-state index in [-0.39, 0.29) is 5.54 Å². The molecular weight excluding hydrogens is 210 g/mol. The summed E-state index contributed by atoms with van der Waals surface area (Å²) >= 11 is 6.13. The van der Waals surface area contributed by atoms with Crippen molar-refractivity contribution in [3.05, 3.63) is 23.4 Å². The number of nitrogens with zero attached hydrogens (tertiary/aromatic N) is 2. The lowest BCUT2D eigenvalue weighted by Crippen LogP contribution is -2.57. The Bertz CT molecular complexity index is 351. The van der Waals surface area contributed by atoms with Crippen LogP contribution in [-0.4, -0.2) is 30.2 Å². The second-order valence-corrected chi connectivity index (χ2v) is 4.95. The molecule has 82 valence electrons. The average Bonchev–Trinajstić information content (AvgIpc) is 2.17. The smallest absolute Gasteiger partial charge is 0.147 e. The number of hydrogen-bond acceptors (Lipinski definition) is 3. The number of aromatic nitrogens is 1. The predicted molar refractivity (Wildman–Crippen MR) is 63.5 cm³/mol. The fourth-order valence-corrected chi connectivity index (χ4v) is 2.17. The number of piperazine rings is 1. The van der Waals surface area contributed by atoms with Crippen LogP contribution in [0.1, 0.15) is 13.8 Å². The zero-order valence-electron chi connectivity index (χ0n) is 9.13. The van der Waals surface area contributed by atoms with E-state index in [1.54, 1.807) is 6.20 Å². The van der Waals surface area contributed by atoms with Gasteiger partial charge in [-0.3, -0.25) is 0 Å². The monoisotopic (exact) mass is 225 g/mol. The molecule has 1 saturated heterocycles. The van der Waals surface area contributed by atoms with Crippen LogP contribution in [0, 0.1) is 0 Å². The zero-order valence-corrected chi connectivity index (χ0v) is 9.88. The van der Waals surface area contributed by atoms with Crippen LogP contribution in [0.15, 0.2) is 18.3 Å². The van der Waals surface area contributed by atoms with Crippen LogP contribution in [0.25, 0.3) is 0 Å². The van der Waals surface area contributed by atoms with Gasteiger partial charge in [0.15, 0.2) is 0 Å². The summed E-state index contributed by atoms with van der Waals surface area (Å²) in [4.78, 5) is 6.57. The van der Waals surface area contributed by atoms with Gasteiger partial charge in [0.05, 0.1) is 5.02 Å². The molecule has 4 heteroatoms. The number of hydrogen-bond donors (Lipinski definition) is 1. The van der Waals surface area contributed by atoms with Crippen LogP contribution >= 0.6 is 11.6 Å². The van der Waals surface area contributed by atoms with Gasteiger partial charge in [0.2, 0.25) is 0 Å². The van der Waals surface area contributed by atoms with Crippen LogP contribution in [0.5, 0.6) is 0 Å². The van der Waals surface area contributed by atoms with E-state index in [0.29, 0.717) is 0 Å². The average molecular weight is 226 g/mol. The van der Waals surface area contributed by atoms with Gasteiger partial charge >= 0.3 is 0 Å². The van der Waals surface area contributed by atoms with E-state index in [9.17, 15) is 0 Å². The molecule has 2 heterocycles. The van der Waals surface area contributed by atoms with Gasteiger partial charge in [-0.25, -0.2) is 4.98 Å². The predicted octanol–water partition coefficient (Wildman–Crippen LogP) is 1.92. The molecule has 0 aliphatic carbocycles. The van der Waals surface area contributed by atoms with Gasteiger partial charge in [-0.15, -0.1) is 0 Å². The summed E-state index contributed by atoms with van der Waals surface area (Å²) in [6, 6.07) is 3.75. The Kier molecular flexibility index (Phi) is 2.85. The Labute approximate surface area is 95.4 Å². The van der Waals surface area contributed by atoms with Crippen LogP contribution < -0.4 is 10.2 Å². The normalized spacial score (nSPS) is 20.3. The second kappa shape index (κ2) is 3.99. The lowest BCUT2D eigenvalue weighted by Gasteiger charge is -2.39. The summed E-state index contributed by atoms with van der Waals surface area (Å²) in [5, 5.41) is 4.20. The summed E-state index contributed by atoms with van der Waals surface area (Å²) < 4.78 is 0. The fraction of sp³-hybridized carbons (Fsp3) is 0.545. The Morgan fingerprint density at radius 1 is 1.53 bits per heavy atom. The van der Waals surface area contributed by atoms with Crippen LogP contribution in [0.3, 0.4) is 0 Å². The number of anilines is 1. The molecule has 1 aliphatic heterocycles. The Balaban J connectivity index is 2.21. The molecule has 2 rings (SSSR count). The van der Waals surface area contributed by atoms with E-state index >= 15 is 0 Å². The van der Waals surface area contributed by atoms with Crippen molar-refractivity contribution in [3.8, 4) is 0 Å². The highest BCUT2D eigenvalue weighted by molar-refractivity contribution is 6.32. The molecule has 1 aromatic heterocycles. The fourth-order valence-electron chi connectivity index (χ4n) is 1.93. The first kappa shape index (κ1) is 10.7. The van der Waals surface area contributed by atoms with Crippen molar-refractivity contribution < 1.29 is 0 Å². The molecule has 0 saturated carbocycles. The standard InChI is InChI=1S/C11H16ClN3/c1-11(2)8-15(7-6-14-11)10-9(12)4-3-5-13-10/h3-5,14H,6-8H2,1-2H3. The molecule has 0 unspecified atom stereocenters. The molecule has 1 fully saturated rings. The van der Waals surface area contributed by atoms with Crippen molar-refractivity contribution in [1.82, 2.24) is 10.3 Å². The molecule has 1 aromatic rings. The Hall–Kier alpha value is -0.800. The highest BCUT2D eigenvalue weighted by atomic mass is 35.5. The summed E-state index contributed by atoms with van der Waals surface area (Å²) in [5.74, 6) is 0.897. The quantitative estimate of drug-likeness (QED) is 0.792. The highest BCUT2D eigenvalue weighted by Crippen LogP contribution is 2.24. The first-order valence-electron chi connectivity index (χ1n) is 5.19. The number of rotatable bonds is 1.